The van der Waals surface area contributed by atoms with Gasteiger partial charge in [0.15, 0.2) is 0 Å². The van der Waals surface area contributed by atoms with Crippen molar-refractivity contribution < 1.29 is 14.3 Å². The molecule has 2 amide bonds. The number of likely N-dealkylation sites (N-methyl/N-ethyl adjacent to an activating group) is 1. The summed E-state index contributed by atoms with van der Waals surface area (Å²) in [5.41, 5.74) is 3.78. The highest BCUT2D eigenvalue weighted by atomic mass is 16.5. The number of benzene rings is 3. The molecule has 0 aliphatic carbocycles. The zero-order valence-corrected chi connectivity index (χ0v) is 18.3. The zero-order valence-electron chi connectivity index (χ0n) is 18.3. The van der Waals surface area contributed by atoms with E-state index in [4.69, 9.17) is 4.74 Å². The zero-order chi connectivity index (χ0) is 22.5. The van der Waals surface area contributed by atoms with E-state index in [9.17, 15) is 9.59 Å². The highest BCUT2D eigenvalue weighted by Crippen LogP contribution is 2.32. The number of imide groups is 1. The second kappa shape index (κ2) is 9.52. The first-order valence-corrected chi connectivity index (χ1v) is 10.6. The first-order chi connectivity index (χ1) is 15.6. The minimum atomic E-state index is -0.249. The Kier molecular flexibility index (Phi) is 6.36. The Morgan fingerprint density at radius 3 is 2.03 bits per heavy atom. The third kappa shape index (κ3) is 4.42. The predicted molar refractivity (Wildman–Crippen MR) is 125 cm³/mol. The fourth-order valence-corrected chi connectivity index (χ4v) is 3.95. The summed E-state index contributed by atoms with van der Waals surface area (Å²) in [7, 11) is 3.49. The number of ether oxygens (including phenoxy) is 1. The van der Waals surface area contributed by atoms with E-state index in [0.29, 0.717) is 30.8 Å². The first kappa shape index (κ1) is 21.4. The molecule has 1 heterocycles. The quantitative estimate of drug-likeness (QED) is 0.508. The second-order valence-corrected chi connectivity index (χ2v) is 7.79. The van der Waals surface area contributed by atoms with Crippen molar-refractivity contribution in [3.8, 4) is 5.75 Å². The van der Waals surface area contributed by atoms with Crippen LogP contribution in [0.3, 0.4) is 0 Å². The standard InChI is InChI=1S/C27H26N2O3/c1-28(19-21-9-5-3-6-10-21)25-24(22-11-7-4-8-12-22)26(30)29(27(25)31)18-17-20-13-15-23(32-2)16-14-20/h3-16H,17-19H2,1-2H3. The van der Waals surface area contributed by atoms with Crippen LogP contribution in [0.1, 0.15) is 16.7 Å². The van der Waals surface area contributed by atoms with E-state index in [-0.39, 0.29) is 11.8 Å². The SMILES string of the molecule is COc1ccc(CCN2C(=O)C(c3ccccc3)=C(N(C)Cc3ccccc3)C2=O)cc1. The molecule has 0 spiro atoms. The van der Waals surface area contributed by atoms with Gasteiger partial charge in [-0.25, -0.2) is 0 Å². The van der Waals surface area contributed by atoms with Crippen LogP contribution in [0.25, 0.3) is 5.57 Å². The number of hydrogen-bond donors (Lipinski definition) is 0. The Balaban J connectivity index is 1.60. The lowest BCUT2D eigenvalue weighted by molar-refractivity contribution is -0.137. The van der Waals surface area contributed by atoms with Gasteiger partial charge in [-0.15, -0.1) is 0 Å². The first-order valence-electron chi connectivity index (χ1n) is 10.6. The van der Waals surface area contributed by atoms with Crippen LogP contribution in [-0.2, 0) is 22.6 Å². The van der Waals surface area contributed by atoms with Gasteiger partial charge in [-0.05, 0) is 35.2 Å². The smallest absolute Gasteiger partial charge is 0.277 e. The molecule has 0 unspecified atom stereocenters. The lowest BCUT2D eigenvalue weighted by Crippen LogP contribution is -2.35. The molecule has 5 heteroatoms. The minimum Gasteiger partial charge on any atom is -0.497 e. The Hall–Kier alpha value is -3.86. The Labute approximate surface area is 188 Å². The van der Waals surface area contributed by atoms with E-state index >= 15 is 0 Å². The molecule has 1 aliphatic rings. The van der Waals surface area contributed by atoms with E-state index in [1.807, 2.05) is 96.9 Å². The fraction of sp³-hybridized carbons (Fsp3) is 0.185. The lowest BCUT2D eigenvalue weighted by Gasteiger charge is -2.21. The number of rotatable bonds is 8. The molecule has 0 fully saturated rings. The average molecular weight is 427 g/mol. The molecule has 4 rings (SSSR count). The molecular formula is C27H26N2O3. The maximum Gasteiger partial charge on any atom is 0.277 e. The summed E-state index contributed by atoms with van der Waals surface area (Å²) in [6, 6.07) is 27.0. The van der Waals surface area contributed by atoms with Crippen LogP contribution in [0.2, 0.25) is 0 Å². The fourth-order valence-electron chi connectivity index (χ4n) is 3.95. The van der Waals surface area contributed by atoms with Crippen LogP contribution in [0, 0.1) is 0 Å². The summed E-state index contributed by atoms with van der Waals surface area (Å²) in [4.78, 5) is 30.1. The highest BCUT2D eigenvalue weighted by Gasteiger charge is 2.40. The van der Waals surface area contributed by atoms with Crippen molar-refractivity contribution in [3.63, 3.8) is 0 Å². The number of amides is 2. The molecule has 0 aromatic heterocycles. The third-order valence-electron chi connectivity index (χ3n) is 5.63. The minimum absolute atomic E-state index is 0.246. The van der Waals surface area contributed by atoms with Crippen molar-refractivity contribution in [2.24, 2.45) is 0 Å². The summed E-state index contributed by atoms with van der Waals surface area (Å²) in [5, 5.41) is 0. The van der Waals surface area contributed by atoms with Gasteiger partial charge in [0.25, 0.3) is 11.8 Å². The highest BCUT2D eigenvalue weighted by molar-refractivity contribution is 6.35. The summed E-state index contributed by atoms with van der Waals surface area (Å²) >= 11 is 0. The molecule has 162 valence electrons. The van der Waals surface area contributed by atoms with Crippen LogP contribution in [-0.4, -0.2) is 42.3 Å². The van der Waals surface area contributed by atoms with Crippen molar-refractivity contribution >= 4 is 17.4 Å². The largest absolute Gasteiger partial charge is 0.497 e. The summed E-state index contributed by atoms with van der Waals surface area (Å²) in [6.07, 6.45) is 0.583. The van der Waals surface area contributed by atoms with Gasteiger partial charge < -0.3 is 9.64 Å². The molecule has 3 aromatic carbocycles. The van der Waals surface area contributed by atoms with Crippen molar-refractivity contribution in [1.29, 1.82) is 0 Å². The topological polar surface area (TPSA) is 49.9 Å². The molecule has 0 atom stereocenters. The van der Waals surface area contributed by atoms with Crippen LogP contribution < -0.4 is 4.74 Å². The summed E-state index contributed by atoms with van der Waals surface area (Å²) in [6.45, 7) is 0.862. The monoisotopic (exact) mass is 426 g/mol. The van der Waals surface area contributed by atoms with Crippen molar-refractivity contribution in [1.82, 2.24) is 9.80 Å². The average Bonchev–Trinajstić information content (AvgIpc) is 3.08. The van der Waals surface area contributed by atoms with Gasteiger partial charge in [0.05, 0.1) is 12.7 Å². The van der Waals surface area contributed by atoms with Gasteiger partial charge in [0.2, 0.25) is 0 Å². The maximum absolute atomic E-state index is 13.4. The Morgan fingerprint density at radius 2 is 1.41 bits per heavy atom. The molecule has 0 bridgehead atoms. The normalized spacial score (nSPS) is 13.6. The van der Waals surface area contributed by atoms with Gasteiger partial charge in [-0.3, -0.25) is 14.5 Å². The number of carbonyl (C=O) groups is 2. The van der Waals surface area contributed by atoms with Crippen LogP contribution in [0.5, 0.6) is 5.75 Å². The Bertz CT molecular complexity index is 1120. The van der Waals surface area contributed by atoms with Crippen LogP contribution >= 0.6 is 0 Å². The molecule has 1 aliphatic heterocycles. The van der Waals surface area contributed by atoms with Crippen molar-refractivity contribution in [2.45, 2.75) is 13.0 Å². The summed E-state index contributed by atoms with van der Waals surface area (Å²) < 4.78 is 5.20. The Morgan fingerprint density at radius 1 is 0.781 bits per heavy atom. The summed E-state index contributed by atoms with van der Waals surface area (Å²) in [5.74, 6) is 0.283. The van der Waals surface area contributed by atoms with E-state index in [1.165, 1.54) is 4.90 Å². The van der Waals surface area contributed by atoms with Gasteiger partial charge in [0, 0.05) is 20.1 Å². The molecule has 0 radical (unpaired) electrons. The number of hydrogen-bond acceptors (Lipinski definition) is 4. The van der Waals surface area contributed by atoms with Gasteiger partial charge in [-0.2, -0.15) is 0 Å². The van der Waals surface area contributed by atoms with E-state index < -0.39 is 0 Å². The molecular weight excluding hydrogens is 400 g/mol. The van der Waals surface area contributed by atoms with Crippen LogP contribution in [0.15, 0.2) is 90.6 Å². The number of nitrogens with zero attached hydrogens (tertiary/aromatic N) is 2. The van der Waals surface area contributed by atoms with E-state index in [1.54, 1.807) is 7.11 Å². The van der Waals surface area contributed by atoms with Crippen LogP contribution in [0.4, 0.5) is 0 Å². The lowest BCUT2D eigenvalue weighted by atomic mass is 10.0. The molecule has 0 saturated carbocycles. The number of carbonyl (C=O) groups excluding carboxylic acids is 2. The number of methoxy groups -OCH3 is 1. The van der Waals surface area contributed by atoms with E-state index in [2.05, 4.69) is 0 Å². The molecule has 0 N–H and O–H groups in total. The molecule has 32 heavy (non-hydrogen) atoms. The van der Waals surface area contributed by atoms with Gasteiger partial charge in [0.1, 0.15) is 11.4 Å². The van der Waals surface area contributed by atoms with Gasteiger partial charge >= 0.3 is 0 Å². The third-order valence-corrected chi connectivity index (χ3v) is 5.63. The molecule has 5 nitrogen and oxygen atoms in total. The van der Waals surface area contributed by atoms with Crippen molar-refractivity contribution in [2.75, 3.05) is 20.7 Å². The maximum atomic E-state index is 13.4. The second-order valence-electron chi connectivity index (χ2n) is 7.79. The predicted octanol–water partition coefficient (Wildman–Crippen LogP) is 4.15. The van der Waals surface area contributed by atoms with Gasteiger partial charge in [-0.1, -0.05) is 72.8 Å². The molecule has 0 saturated heterocycles. The van der Waals surface area contributed by atoms with Crippen molar-refractivity contribution in [3.05, 3.63) is 107 Å². The van der Waals surface area contributed by atoms with E-state index in [0.717, 1.165) is 22.4 Å². The molecule has 3 aromatic rings.